The number of halogens is 1. The Bertz CT molecular complexity index is 1380. The molecule has 0 spiro atoms. The molecule has 0 fully saturated rings. The number of amides is 1. The smallest absolute Gasteiger partial charge is 0.243 e. The molecule has 184 valence electrons. The van der Waals surface area contributed by atoms with Gasteiger partial charge in [-0.05, 0) is 59.7 Å². The van der Waals surface area contributed by atoms with Crippen molar-refractivity contribution in [3.63, 3.8) is 0 Å². The van der Waals surface area contributed by atoms with E-state index in [0.717, 1.165) is 15.6 Å². The van der Waals surface area contributed by atoms with Gasteiger partial charge in [0.1, 0.15) is 12.4 Å². The van der Waals surface area contributed by atoms with E-state index in [2.05, 4.69) is 21.2 Å². The average molecular weight is 565 g/mol. The Balaban J connectivity index is 1.44. The zero-order valence-electron chi connectivity index (χ0n) is 19.4. The van der Waals surface area contributed by atoms with Crippen molar-refractivity contribution in [1.82, 2.24) is 4.31 Å². The largest absolute Gasteiger partial charge is 0.489 e. The number of nitrogens with zero attached hydrogens (tertiary/aromatic N) is 1. The first-order valence-corrected chi connectivity index (χ1v) is 13.5. The summed E-state index contributed by atoms with van der Waals surface area (Å²) >= 11 is 3.33. The molecular formula is C28H25BrN2O4S. The molecule has 36 heavy (non-hydrogen) atoms. The molecule has 4 aromatic rings. The summed E-state index contributed by atoms with van der Waals surface area (Å²) < 4.78 is 34.5. The highest BCUT2D eigenvalue weighted by Crippen LogP contribution is 2.22. The quantitative estimate of drug-likeness (QED) is 0.262. The Labute approximate surface area is 219 Å². The van der Waals surface area contributed by atoms with Gasteiger partial charge >= 0.3 is 0 Å². The summed E-state index contributed by atoms with van der Waals surface area (Å²) in [5.41, 5.74) is 2.39. The van der Waals surface area contributed by atoms with E-state index in [1.54, 1.807) is 36.4 Å². The Morgan fingerprint density at radius 1 is 0.778 bits per heavy atom. The lowest BCUT2D eigenvalue weighted by Gasteiger charge is -2.22. The summed E-state index contributed by atoms with van der Waals surface area (Å²) in [6, 6.07) is 32.3. The number of benzene rings is 4. The molecule has 0 bridgehead atoms. The number of sulfonamides is 1. The molecule has 1 N–H and O–H groups in total. The van der Waals surface area contributed by atoms with Gasteiger partial charge in [0.05, 0.1) is 11.4 Å². The van der Waals surface area contributed by atoms with Crippen molar-refractivity contribution in [3.8, 4) is 5.75 Å². The Morgan fingerprint density at radius 2 is 1.36 bits per heavy atom. The van der Waals surface area contributed by atoms with Gasteiger partial charge in [0.2, 0.25) is 15.9 Å². The highest BCUT2D eigenvalue weighted by molar-refractivity contribution is 9.10. The van der Waals surface area contributed by atoms with Gasteiger partial charge in [-0.15, -0.1) is 0 Å². The molecule has 0 aliphatic carbocycles. The van der Waals surface area contributed by atoms with E-state index >= 15 is 0 Å². The maximum Gasteiger partial charge on any atom is 0.243 e. The van der Waals surface area contributed by atoms with Crippen LogP contribution in [0.4, 0.5) is 5.69 Å². The van der Waals surface area contributed by atoms with Crippen LogP contribution in [0.25, 0.3) is 0 Å². The van der Waals surface area contributed by atoms with Crippen molar-refractivity contribution in [1.29, 1.82) is 0 Å². The van der Waals surface area contributed by atoms with E-state index in [0.29, 0.717) is 18.0 Å². The molecule has 0 unspecified atom stereocenters. The van der Waals surface area contributed by atoms with Crippen molar-refractivity contribution in [2.45, 2.75) is 18.0 Å². The van der Waals surface area contributed by atoms with Crippen molar-refractivity contribution in [3.05, 3.63) is 125 Å². The minimum Gasteiger partial charge on any atom is -0.489 e. The van der Waals surface area contributed by atoms with Crippen LogP contribution in [0.1, 0.15) is 11.1 Å². The first-order chi connectivity index (χ1) is 17.4. The number of carbonyl (C=O) groups excluding carboxylic acids is 1. The first-order valence-electron chi connectivity index (χ1n) is 11.3. The predicted octanol–water partition coefficient (Wildman–Crippen LogP) is 5.86. The molecule has 0 saturated carbocycles. The van der Waals surface area contributed by atoms with Gasteiger partial charge in [-0.2, -0.15) is 4.31 Å². The summed E-state index contributed by atoms with van der Waals surface area (Å²) in [6.07, 6.45) is 0. The fourth-order valence-electron chi connectivity index (χ4n) is 3.50. The highest BCUT2D eigenvalue weighted by atomic mass is 79.9. The van der Waals surface area contributed by atoms with E-state index in [-0.39, 0.29) is 18.0 Å². The molecule has 4 rings (SSSR count). The van der Waals surface area contributed by atoms with Crippen LogP contribution in [-0.4, -0.2) is 25.2 Å². The van der Waals surface area contributed by atoms with Crippen molar-refractivity contribution in [2.24, 2.45) is 0 Å². The minimum absolute atomic E-state index is 0.0684. The number of anilines is 1. The van der Waals surface area contributed by atoms with Crippen LogP contribution in [0, 0.1) is 0 Å². The number of hydrogen-bond acceptors (Lipinski definition) is 4. The van der Waals surface area contributed by atoms with Crippen LogP contribution in [-0.2, 0) is 28.0 Å². The van der Waals surface area contributed by atoms with Gasteiger partial charge in [-0.1, -0.05) is 76.6 Å². The molecule has 0 aromatic heterocycles. The van der Waals surface area contributed by atoms with Crippen molar-refractivity contribution in [2.75, 3.05) is 11.9 Å². The Morgan fingerprint density at radius 3 is 1.97 bits per heavy atom. The lowest BCUT2D eigenvalue weighted by atomic mass is 10.2. The zero-order valence-corrected chi connectivity index (χ0v) is 21.8. The summed E-state index contributed by atoms with van der Waals surface area (Å²) in [5.74, 6) is 0.227. The molecule has 0 aliphatic heterocycles. The predicted molar refractivity (Wildman–Crippen MR) is 144 cm³/mol. The Hall–Kier alpha value is -3.46. The summed E-state index contributed by atoms with van der Waals surface area (Å²) in [5, 5.41) is 2.78. The van der Waals surface area contributed by atoms with E-state index in [1.165, 1.54) is 16.4 Å². The van der Waals surface area contributed by atoms with Crippen LogP contribution in [0.2, 0.25) is 0 Å². The second-order valence-corrected chi connectivity index (χ2v) is 10.9. The lowest BCUT2D eigenvalue weighted by Crippen LogP contribution is -2.37. The highest BCUT2D eigenvalue weighted by Gasteiger charge is 2.27. The molecule has 0 atom stereocenters. The second-order valence-electron chi connectivity index (χ2n) is 8.06. The first kappa shape index (κ1) is 25.6. The van der Waals surface area contributed by atoms with Gasteiger partial charge in [-0.3, -0.25) is 4.79 Å². The standard InChI is InChI=1S/C28H25BrN2O4S/c29-24-11-17-27(18-12-24)36(33,34)31(19-22-7-3-1-4-8-22)20-28(32)30-25-13-15-26(16-14-25)35-21-23-9-5-2-6-10-23/h1-18H,19-21H2,(H,30,32). The van der Waals surface area contributed by atoms with E-state index in [9.17, 15) is 13.2 Å². The fraction of sp³-hybridized carbons (Fsp3) is 0.107. The van der Waals surface area contributed by atoms with E-state index < -0.39 is 15.9 Å². The average Bonchev–Trinajstić information content (AvgIpc) is 2.89. The van der Waals surface area contributed by atoms with Gasteiger partial charge in [0, 0.05) is 16.7 Å². The topological polar surface area (TPSA) is 75.7 Å². The third-order valence-corrected chi connectivity index (χ3v) is 7.69. The van der Waals surface area contributed by atoms with Crippen LogP contribution >= 0.6 is 15.9 Å². The number of ether oxygens (including phenoxy) is 1. The maximum atomic E-state index is 13.4. The molecule has 0 radical (unpaired) electrons. The third-order valence-electron chi connectivity index (χ3n) is 5.36. The molecule has 1 amide bonds. The third kappa shape index (κ3) is 7.04. The monoisotopic (exact) mass is 564 g/mol. The summed E-state index contributed by atoms with van der Waals surface area (Å²) in [6.45, 7) is 0.174. The lowest BCUT2D eigenvalue weighted by molar-refractivity contribution is -0.116. The zero-order chi connectivity index (χ0) is 25.4. The Kier molecular flexibility index (Phi) is 8.53. The maximum absolute atomic E-state index is 13.4. The molecular weight excluding hydrogens is 540 g/mol. The number of rotatable bonds is 10. The molecule has 6 nitrogen and oxygen atoms in total. The van der Waals surface area contributed by atoms with Crippen molar-refractivity contribution < 1.29 is 17.9 Å². The molecule has 0 heterocycles. The van der Waals surface area contributed by atoms with Crippen LogP contribution in [0.15, 0.2) is 119 Å². The van der Waals surface area contributed by atoms with Gasteiger partial charge in [0.15, 0.2) is 0 Å². The molecule has 0 aliphatic rings. The number of nitrogens with one attached hydrogen (secondary N) is 1. The molecule has 8 heteroatoms. The number of hydrogen-bond donors (Lipinski definition) is 1. The SMILES string of the molecule is O=C(CN(Cc1ccccc1)S(=O)(=O)c1ccc(Br)cc1)Nc1ccc(OCc2ccccc2)cc1. The summed E-state index contributed by atoms with van der Waals surface area (Å²) in [4.78, 5) is 13.0. The van der Waals surface area contributed by atoms with Crippen LogP contribution in [0.5, 0.6) is 5.75 Å². The molecule has 0 saturated heterocycles. The van der Waals surface area contributed by atoms with Crippen LogP contribution < -0.4 is 10.1 Å². The van der Waals surface area contributed by atoms with Gasteiger partial charge in [0.25, 0.3) is 0 Å². The van der Waals surface area contributed by atoms with E-state index in [1.807, 2.05) is 60.7 Å². The molecule has 4 aromatic carbocycles. The summed E-state index contributed by atoms with van der Waals surface area (Å²) in [7, 11) is -3.91. The normalized spacial score (nSPS) is 11.3. The van der Waals surface area contributed by atoms with Gasteiger partial charge in [-0.25, -0.2) is 8.42 Å². The van der Waals surface area contributed by atoms with Gasteiger partial charge < -0.3 is 10.1 Å². The minimum atomic E-state index is -3.91. The second kappa shape index (κ2) is 12.0. The van der Waals surface area contributed by atoms with E-state index in [4.69, 9.17) is 4.74 Å². The number of carbonyl (C=O) groups is 1. The fourth-order valence-corrected chi connectivity index (χ4v) is 5.15. The van der Waals surface area contributed by atoms with Crippen molar-refractivity contribution >= 4 is 37.5 Å². The van der Waals surface area contributed by atoms with Crippen LogP contribution in [0.3, 0.4) is 0 Å².